The Morgan fingerprint density at radius 1 is 1.47 bits per heavy atom. The number of amides is 1. The second-order valence-electron chi connectivity index (χ2n) is 4.95. The highest BCUT2D eigenvalue weighted by atomic mass is 16.2. The average molecular weight is 208 g/mol. The molecule has 1 aliphatic heterocycles. The van der Waals surface area contributed by atoms with Crippen molar-refractivity contribution in [3.8, 4) is 0 Å². The molecule has 1 unspecified atom stereocenters. The average Bonchev–Trinajstić information content (AvgIpc) is 2.71. The van der Waals surface area contributed by atoms with Crippen LogP contribution in [0.3, 0.4) is 0 Å². The minimum absolute atomic E-state index is 0.194. The zero-order valence-corrected chi connectivity index (χ0v) is 9.38. The summed E-state index contributed by atoms with van der Waals surface area (Å²) in [6.45, 7) is 3.93. The summed E-state index contributed by atoms with van der Waals surface area (Å²) in [5.41, 5.74) is -0.194. The van der Waals surface area contributed by atoms with Gasteiger partial charge in [-0.05, 0) is 39.2 Å². The molecule has 0 spiro atoms. The molecule has 0 radical (unpaired) electrons. The van der Waals surface area contributed by atoms with Crippen molar-refractivity contribution in [2.24, 2.45) is 5.41 Å². The molecule has 15 heavy (non-hydrogen) atoms. The van der Waals surface area contributed by atoms with E-state index in [0.717, 1.165) is 38.8 Å². The van der Waals surface area contributed by atoms with Crippen LogP contribution in [0.2, 0.25) is 0 Å². The lowest BCUT2D eigenvalue weighted by atomic mass is 9.81. The standard InChI is InChI=1S/C12H20N2O/c1-12(7-4-8-13-9-12)11(15)14-10-5-2-3-6-10/h2-3,10,13H,4-9H2,1H3,(H,14,15). The summed E-state index contributed by atoms with van der Waals surface area (Å²) >= 11 is 0. The van der Waals surface area contributed by atoms with E-state index < -0.39 is 0 Å². The van der Waals surface area contributed by atoms with Gasteiger partial charge in [0, 0.05) is 12.6 Å². The van der Waals surface area contributed by atoms with Crippen LogP contribution in [0.15, 0.2) is 12.2 Å². The Morgan fingerprint density at radius 2 is 2.20 bits per heavy atom. The van der Waals surface area contributed by atoms with E-state index in [1.807, 2.05) is 0 Å². The Kier molecular flexibility index (Phi) is 3.10. The zero-order valence-electron chi connectivity index (χ0n) is 9.38. The van der Waals surface area contributed by atoms with Crippen LogP contribution < -0.4 is 10.6 Å². The van der Waals surface area contributed by atoms with Crippen molar-refractivity contribution in [2.45, 2.75) is 38.6 Å². The minimum atomic E-state index is -0.194. The summed E-state index contributed by atoms with van der Waals surface area (Å²) in [7, 11) is 0. The van der Waals surface area contributed by atoms with E-state index in [2.05, 4.69) is 29.7 Å². The molecule has 1 amide bonds. The lowest BCUT2D eigenvalue weighted by Crippen LogP contribution is -2.50. The van der Waals surface area contributed by atoms with Gasteiger partial charge in [0.1, 0.15) is 0 Å². The van der Waals surface area contributed by atoms with E-state index in [1.54, 1.807) is 0 Å². The number of nitrogens with one attached hydrogen (secondary N) is 2. The summed E-state index contributed by atoms with van der Waals surface area (Å²) in [6.07, 6.45) is 8.39. The van der Waals surface area contributed by atoms with Crippen molar-refractivity contribution in [1.29, 1.82) is 0 Å². The molecule has 0 bridgehead atoms. The third-order valence-corrected chi connectivity index (χ3v) is 3.49. The van der Waals surface area contributed by atoms with E-state index in [0.29, 0.717) is 6.04 Å². The number of piperidine rings is 1. The summed E-state index contributed by atoms with van der Waals surface area (Å²) in [4.78, 5) is 12.1. The van der Waals surface area contributed by atoms with E-state index in [4.69, 9.17) is 0 Å². The van der Waals surface area contributed by atoms with E-state index >= 15 is 0 Å². The van der Waals surface area contributed by atoms with Gasteiger partial charge in [0.05, 0.1) is 5.41 Å². The van der Waals surface area contributed by atoms with Gasteiger partial charge in [0.15, 0.2) is 0 Å². The van der Waals surface area contributed by atoms with Crippen LogP contribution in [-0.4, -0.2) is 25.0 Å². The largest absolute Gasteiger partial charge is 0.352 e. The molecule has 2 aliphatic rings. The monoisotopic (exact) mass is 208 g/mol. The van der Waals surface area contributed by atoms with Gasteiger partial charge in [-0.1, -0.05) is 12.2 Å². The fourth-order valence-electron chi connectivity index (χ4n) is 2.34. The molecule has 3 heteroatoms. The smallest absolute Gasteiger partial charge is 0.227 e. The molecule has 1 atom stereocenters. The van der Waals surface area contributed by atoms with Gasteiger partial charge >= 0.3 is 0 Å². The maximum Gasteiger partial charge on any atom is 0.227 e. The first kappa shape index (κ1) is 10.7. The Balaban J connectivity index is 1.88. The van der Waals surface area contributed by atoms with Crippen LogP contribution in [0.1, 0.15) is 32.6 Å². The van der Waals surface area contributed by atoms with Crippen molar-refractivity contribution in [1.82, 2.24) is 10.6 Å². The Bertz CT molecular complexity index is 259. The molecule has 84 valence electrons. The highest BCUT2D eigenvalue weighted by Gasteiger charge is 2.35. The second-order valence-corrected chi connectivity index (χ2v) is 4.95. The molecule has 1 heterocycles. The quantitative estimate of drug-likeness (QED) is 0.670. The maximum absolute atomic E-state index is 12.1. The number of hydrogen-bond acceptors (Lipinski definition) is 2. The molecule has 3 nitrogen and oxygen atoms in total. The summed E-state index contributed by atoms with van der Waals surface area (Å²) in [6, 6.07) is 0.344. The lowest BCUT2D eigenvalue weighted by molar-refractivity contribution is -0.131. The fourth-order valence-corrected chi connectivity index (χ4v) is 2.34. The molecule has 0 saturated carbocycles. The molecule has 2 N–H and O–H groups in total. The molecule has 0 aromatic carbocycles. The molecule has 1 saturated heterocycles. The molecule has 0 aromatic rings. The Hall–Kier alpha value is -0.830. The molecular weight excluding hydrogens is 188 g/mol. The van der Waals surface area contributed by atoms with Crippen LogP contribution in [0.5, 0.6) is 0 Å². The number of hydrogen-bond donors (Lipinski definition) is 2. The predicted octanol–water partition coefficient (Wildman–Crippen LogP) is 1.21. The molecule has 1 aliphatic carbocycles. The number of carbonyl (C=O) groups is 1. The topological polar surface area (TPSA) is 41.1 Å². The Labute approximate surface area is 91.3 Å². The second kappa shape index (κ2) is 4.35. The first-order chi connectivity index (χ1) is 7.21. The van der Waals surface area contributed by atoms with Crippen molar-refractivity contribution in [3.63, 3.8) is 0 Å². The highest BCUT2D eigenvalue weighted by Crippen LogP contribution is 2.26. The highest BCUT2D eigenvalue weighted by molar-refractivity contribution is 5.83. The molecule has 0 aromatic heterocycles. The maximum atomic E-state index is 12.1. The summed E-state index contributed by atoms with van der Waals surface area (Å²) < 4.78 is 0. The summed E-state index contributed by atoms with van der Waals surface area (Å²) in [5.74, 6) is 0.225. The third-order valence-electron chi connectivity index (χ3n) is 3.49. The first-order valence-corrected chi connectivity index (χ1v) is 5.87. The molecule has 1 fully saturated rings. The van der Waals surface area contributed by atoms with Crippen LogP contribution >= 0.6 is 0 Å². The number of carbonyl (C=O) groups excluding carboxylic acids is 1. The van der Waals surface area contributed by atoms with Gasteiger partial charge in [0.2, 0.25) is 5.91 Å². The van der Waals surface area contributed by atoms with E-state index in [1.165, 1.54) is 0 Å². The van der Waals surface area contributed by atoms with Gasteiger partial charge in [0.25, 0.3) is 0 Å². The van der Waals surface area contributed by atoms with E-state index in [9.17, 15) is 4.79 Å². The minimum Gasteiger partial charge on any atom is -0.352 e. The predicted molar refractivity (Wildman–Crippen MR) is 60.5 cm³/mol. The van der Waals surface area contributed by atoms with Crippen molar-refractivity contribution in [2.75, 3.05) is 13.1 Å². The fraction of sp³-hybridized carbons (Fsp3) is 0.750. The van der Waals surface area contributed by atoms with Gasteiger partial charge < -0.3 is 10.6 Å². The normalized spacial score (nSPS) is 31.8. The van der Waals surface area contributed by atoms with Gasteiger partial charge in [-0.15, -0.1) is 0 Å². The lowest BCUT2D eigenvalue weighted by Gasteiger charge is -2.33. The van der Waals surface area contributed by atoms with Crippen LogP contribution in [-0.2, 0) is 4.79 Å². The third kappa shape index (κ3) is 2.40. The van der Waals surface area contributed by atoms with Crippen molar-refractivity contribution in [3.05, 3.63) is 12.2 Å². The number of rotatable bonds is 2. The van der Waals surface area contributed by atoms with Crippen molar-refractivity contribution < 1.29 is 4.79 Å². The zero-order chi connectivity index (χ0) is 10.7. The SMILES string of the molecule is CC1(C(=O)NC2CC=CC2)CCCNC1. The molecular formula is C12H20N2O. The molecule has 2 rings (SSSR count). The first-order valence-electron chi connectivity index (χ1n) is 5.87. The van der Waals surface area contributed by atoms with Crippen LogP contribution in [0, 0.1) is 5.41 Å². The van der Waals surface area contributed by atoms with E-state index in [-0.39, 0.29) is 11.3 Å². The Morgan fingerprint density at radius 3 is 2.80 bits per heavy atom. The van der Waals surface area contributed by atoms with Crippen LogP contribution in [0.25, 0.3) is 0 Å². The van der Waals surface area contributed by atoms with Crippen LogP contribution in [0.4, 0.5) is 0 Å². The van der Waals surface area contributed by atoms with Crippen molar-refractivity contribution >= 4 is 5.91 Å². The van der Waals surface area contributed by atoms with Gasteiger partial charge in [-0.3, -0.25) is 4.79 Å². The van der Waals surface area contributed by atoms with Gasteiger partial charge in [-0.25, -0.2) is 0 Å². The summed E-state index contributed by atoms with van der Waals surface area (Å²) in [5, 5.41) is 6.45. The van der Waals surface area contributed by atoms with Gasteiger partial charge in [-0.2, -0.15) is 0 Å².